The summed E-state index contributed by atoms with van der Waals surface area (Å²) in [6.45, 7) is 3.25. The van der Waals surface area contributed by atoms with Gasteiger partial charge in [0.15, 0.2) is 0 Å². The molecule has 0 atom stereocenters. The topological polar surface area (TPSA) is 57.6 Å². The molecule has 0 aliphatic carbocycles. The number of hydrogen-bond acceptors (Lipinski definition) is 3. The molecule has 1 saturated heterocycles. The third-order valence-electron chi connectivity index (χ3n) is 3.99. The Labute approximate surface area is 121 Å². The Morgan fingerprint density at radius 1 is 1.30 bits per heavy atom. The lowest BCUT2D eigenvalue weighted by Crippen LogP contribution is -2.38. The molecule has 0 saturated carbocycles. The summed E-state index contributed by atoms with van der Waals surface area (Å²) < 4.78 is 26.7. The van der Waals surface area contributed by atoms with Crippen molar-refractivity contribution >= 4 is 10.0 Å². The van der Waals surface area contributed by atoms with Crippen molar-refractivity contribution < 1.29 is 13.5 Å². The van der Waals surface area contributed by atoms with Gasteiger partial charge in [-0.3, -0.25) is 0 Å². The van der Waals surface area contributed by atoms with Crippen molar-refractivity contribution in [3.63, 3.8) is 0 Å². The van der Waals surface area contributed by atoms with Crippen molar-refractivity contribution in [1.29, 1.82) is 0 Å². The van der Waals surface area contributed by atoms with E-state index in [2.05, 4.69) is 6.92 Å². The van der Waals surface area contributed by atoms with Crippen molar-refractivity contribution in [3.05, 3.63) is 29.8 Å². The molecule has 1 heterocycles. The van der Waals surface area contributed by atoms with Gasteiger partial charge in [-0.25, -0.2) is 8.42 Å². The van der Waals surface area contributed by atoms with Gasteiger partial charge in [0.25, 0.3) is 0 Å². The highest BCUT2D eigenvalue weighted by Gasteiger charge is 2.29. The first-order valence-electron chi connectivity index (χ1n) is 7.28. The van der Waals surface area contributed by atoms with Crippen LogP contribution in [0.15, 0.2) is 29.2 Å². The third kappa shape index (κ3) is 3.40. The van der Waals surface area contributed by atoms with Crippen molar-refractivity contribution in [2.24, 2.45) is 5.92 Å². The Morgan fingerprint density at radius 3 is 2.60 bits per heavy atom. The maximum absolute atomic E-state index is 12.6. The molecule has 2 rings (SSSR count). The molecule has 112 valence electrons. The van der Waals surface area contributed by atoms with Crippen LogP contribution in [-0.2, 0) is 16.6 Å². The lowest BCUT2D eigenvalue weighted by atomic mass is 9.94. The Morgan fingerprint density at radius 2 is 2.00 bits per heavy atom. The molecule has 1 N–H and O–H groups in total. The molecular formula is C15H23NO3S. The number of piperidine rings is 1. The second kappa shape index (κ2) is 6.70. The minimum absolute atomic E-state index is 0.137. The minimum atomic E-state index is -3.41. The zero-order valence-electron chi connectivity index (χ0n) is 12.0. The zero-order chi connectivity index (χ0) is 14.6. The van der Waals surface area contributed by atoms with Gasteiger partial charge in [0.05, 0.1) is 11.5 Å². The van der Waals surface area contributed by atoms with Gasteiger partial charge in [-0.15, -0.1) is 0 Å². The van der Waals surface area contributed by atoms with Crippen LogP contribution in [0, 0.1) is 5.92 Å². The summed E-state index contributed by atoms with van der Waals surface area (Å²) in [6, 6.07) is 6.58. The van der Waals surface area contributed by atoms with Crippen LogP contribution in [-0.4, -0.2) is 30.9 Å². The summed E-state index contributed by atoms with van der Waals surface area (Å²) in [7, 11) is -3.41. The van der Waals surface area contributed by atoms with E-state index >= 15 is 0 Å². The Bertz CT molecular complexity index is 534. The summed E-state index contributed by atoms with van der Waals surface area (Å²) in [5.74, 6) is 0.662. The van der Waals surface area contributed by atoms with Crippen molar-refractivity contribution in [1.82, 2.24) is 4.31 Å². The Balaban J connectivity index is 2.11. The van der Waals surface area contributed by atoms with E-state index in [-0.39, 0.29) is 11.5 Å². The number of nitrogens with zero attached hydrogens (tertiary/aromatic N) is 1. The molecule has 5 heteroatoms. The molecule has 0 spiro atoms. The number of aliphatic hydroxyl groups excluding tert-OH is 1. The standard InChI is InChI=1S/C15H23NO3S/c1-2-4-13-7-9-16(10-8-13)20(18,19)15-6-3-5-14(11-15)12-17/h3,5-6,11,13,17H,2,4,7-10,12H2,1H3. The normalized spacial score (nSPS) is 18.3. The van der Waals surface area contributed by atoms with Gasteiger partial charge in [0.1, 0.15) is 0 Å². The number of rotatable bonds is 5. The summed E-state index contributed by atoms with van der Waals surface area (Å²) in [5.41, 5.74) is 0.631. The maximum atomic E-state index is 12.6. The monoisotopic (exact) mass is 297 g/mol. The van der Waals surface area contributed by atoms with Crippen LogP contribution in [0.2, 0.25) is 0 Å². The number of hydrogen-bond donors (Lipinski definition) is 1. The van der Waals surface area contributed by atoms with E-state index in [0.717, 1.165) is 19.3 Å². The third-order valence-corrected chi connectivity index (χ3v) is 5.88. The van der Waals surface area contributed by atoms with Gasteiger partial charge in [0, 0.05) is 13.1 Å². The molecule has 0 bridgehead atoms. The molecule has 20 heavy (non-hydrogen) atoms. The van der Waals surface area contributed by atoms with Crippen molar-refractivity contribution in [2.45, 2.75) is 44.1 Å². The first-order chi connectivity index (χ1) is 9.57. The van der Waals surface area contributed by atoms with Crippen LogP contribution in [0.25, 0.3) is 0 Å². The lowest BCUT2D eigenvalue weighted by molar-refractivity contribution is 0.262. The van der Waals surface area contributed by atoms with E-state index in [9.17, 15) is 8.42 Å². The molecular weight excluding hydrogens is 274 g/mol. The first-order valence-corrected chi connectivity index (χ1v) is 8.72. The number of sulfonamides is 1. The van der Waals surface area contributed by atoms with Crippen LogP contribution < -0.4 is 0 Å². The van der Waals surface area contributed by atoms with Gasteiger partial charge >= 0.3 is 0 Å². The van der Waals surface area contributed by atoms with E-state index in [4.69, 9.17) is 5.11 Å². The van der Waals surface area contributed by atoms with Gasteiger partial charge < -0.3 is 5.11 Å². The van der Waals surface area contributed by atoms with Crippen LogP contribution in [0.5, 0.6) is 0 Å². The summed E-state index contributed by atoms with van der Waals surface area (Å²) in [4.78, 5) is 0.290. The molecule has 0 amide bonds. The Hall–Kier alpha value is -0.910. The fraction of sp³-hybridized carbons (Fsp3) is 0.600. The van der Waals surface area contributed by atoms with Crippen LogP contribution in [0.4, 0.5) is 0 Å². The molecule has 1 fully saturated rings. The minimum Gasteiger partial charge on any atom is -0.392 e. The highest BCUT2D eigenvalue weighted by molar-refractivity contribution is 7.89. The van der Waals surface area contributed by atoms with Gasteiger partial charge in [-0.1, -0.05) is 31.9 Å². The largest absolute Gasteiger partial charge is 0.392 e. The fourth-order valence-electron chi connectivity index (χ4n) is 2.80. The van der Waals surface area contributed by atoms with Crippen LogP contribution in [0.1, 0.15) is 38.2 Å². The maximum Gasteiger partial charge on any atom is 0.243 e. The quantitative estimate of drug-likeness (QED) is 0.908. The summed E-state index contributed by atoms with van der Waals surface area (Å²) >= 11 is 0. The molecule has 0 unspecified atom stereocenters. The summed E-state index contributed by atoms with van der Waals surface area (Å²) in [5, 5.41) is 9.12. The predicted octanol–water partition coefficient (Wildman–Crippen LogP) is 2.38. The van der Waals surface area contributed by atoms with E-state index in [1.165, 1.54) is 6.42 Å². The van der Waals surface area contributed by atoms with Crippen molar-refractivity contribution in [2.75, 3.05) is 13.1 Å². The predicted molar refractivity (Wildman–Crippen MR) is 78.8 cm³/mol. The second-order valence-electron chi connectivity index (χ2n) is 5.44. The van der Waals surface area contributed by atoms with E-state index < -0.39 is 10.0 Å². The SMILES string of the molecule is CCCC1CCN(S(=O)(=O)c2cccc(CO)c2)CC1. The molecule has 1 aromatic rings. The molecule has 4 nitrogen and oxygen atoms in total. The average Bonchev–Trinajstić information content (AvgIpc) is 2.48. The molecule has 1 aliphatic rings. The number of benzene rings is 1. The van der Waals surface area contributed by atoms with Gasteiger partial charge in [-0.05, 0) is 36.5 Å². The summed E-state index contributed by atoms with van der Waals surface area (Å²) in [6.07, 6.45) is 4.25. The van der Waals surface area contributed by atoms with E-state index in [0.29, 0.717) is 24.6 Å². The molecule has 1 aromatic carbocycles. The molecule has 0 aromatic heterocycles. The second-order valence-corrected chi connectivity index (χ2v) is 7.38. The van der Waals surface area contributed by atoms with Crippen LogP contribution >= 0.6 is 0 Å². The molecule has 0 radical (unpaired) electrons. The zero-order valence-corrected chi connectivity index (χ0v) is 12.8. The smallest absolute Gasteiger partial charge is 0.243 e. The Kier molecular flexibility index (Phi) is 5.18. The molecule has 1 aliphatic heterocycles. The van der Waals surface area contributed by atoms with Crippen LogP contribution in [0.3, 0.4) is 0 Å². The lowest BCUT2D eigenvalue weighted by Gasteiger charge is -2.31. The highest BCUT2D eigenvalue weighted by atomic mass is 32.2. The highest BCUT2D eigenvalue weighted by Crippen LogP contribution is 2.26. The van der Waals surface area contributed by atoms with Gasteiger partial charge in [-0.2, -0.15) is 4.31 Å². The van der Waals surface area contributed by atoms with Crippen molar-refractivity contribution in [3.8, 4) is 0 Å². The fourth-order valence-corrected chi connectivity index (χ4v) is 4.34. The average molecular weight is 297 g/mol. The first kappa shape index (κ1) is 15.5. The van der Waals surface area contributed by atoms with E-state index in [1.807, 2.05) is 0 Å². The number of aliphatic hydroxyl groups is 1. The van der Waals surface area contributed by atoms with Gasteiger partial charge in [0.2, 0.25) is 10.0 Å². The van der Waals surface area contributed by atoms with E-state index in [1.54, 1.807) is 28.6 Å².